The van der Waals surface area contributed by atoms with Crippen LogP contribution >= 0.6 is 11.8 Å². The molecule has 4 aromatic rings. The molecule has 32 heavy (non-hydrogen) atoms. The molecule has 2 aromatic heterocycles. The summed E-state index contributed by atoms with van der Waals surface area (Å²) in [5, 5.41) is 11.5. The predicted octanol–water partition coefficient (Wildman–Crippen LogP) is 5.08. The third-order valence-electron chi connectivity index (χ3n) is 4.40. The summed E-state index contributed by atoms with van der Waals surface area (Å²) in [4.78, 5) is 16.4. The van der Waals surface area contributed by atoms with Crippen LogP contribution in [0.25, 0.3) is 17.1 Å². The van der Waals surface area contributed by atoms with Gasteiger partial charge in [0.05, 0.1) is 11.3 Å². The fourth-order valence-corrected chi connectivity index (χ4v) is 3.68. The third kappa shape index (κ3) is 4.97. The molecule has 0 spiro atoms. The van der Waals surface area contributed by atoms with E-state index in [1.807, 2.05) is 18.2 Å². The van der Waals surface area contributed by atoms with Gasteiger partial charge in [0.2, 0.25) is 5.91 Å². The maximum atomic E-state index is 13.0. The lowest BCUT2D eigenvalue weighted by atomic mass is 10.2. The van der Waals surface area contributed by atoms with Crippen molar-refractivity contribution in [2.75, 3.05) is 11.1 Å². The average molecular weight is 455 g/mol. The molecule has 6 nitrogen and oxygen atoms in total. The van der Waals surface area contributed by atoms with Gasteiger partial charge in [0.1, 0.15) is 0 Å². The Balaban J connectivity index is 1.62. The number of alkyl halides is 3. The van der Waals surface area contributed by atoms with Crippen molar-refractivity contribution in [2.45, 2.75) is 11.3 Å². The van der Waals surface area contributed by atoms with Crippen molar-refractivity contribution in [3.8, 4) is 17.1 Å². The number of rotatable bonds is 6. The van der Waals surface area contributed by atoms with Crippen LogP contribution in [0, 0.1) is 0 Å². The highest BCUT2D eigenvalue weighted by molar-refractivity contribution is 7.99. The lowest BCUT2D eigenvalue weighted by Crippen LogP contribution is -2.14. The Hall–Kier alpha value is -3.66. The van der Waals surface area contributed by atoms with E-state index >= 15 is 0 Å². The number of halogens is 3. The lowest BCUT2D eigenvalue weighted by molar-refractivity contribution is -0.137. The maximum Gasteiger partial charge on any atom is 0.416 e. The first kappa shape index (κ1) is 21.6. The van der Waals surface area contributed by atoms with Crippen molar-refractivity contribution >= 4 is 23.4 Å². The zero-order valence-corrected chi connectivity index (χ0v) is 17.3. The summed E-state index contributed by atoms with van der Waals surface area (Å²) in [6, 6.07) is 17.2. The number of carbonyl (C=O) groups excluding carboxylic acids is 1. The highest BCUT2D eigenvalue weighted by atomic mass is 32.2. The Morgan fingerprint density at radius 1 is 0.969 bits per heavy atom. The number of aromatic nitrogens is 4. The summed E-state index contributed by atoms with van der Waals surface area (Å²) in [6.07, 6.45) is -1.25. The summed E-state index contributed by atoms with van der Waals surface area (Å²) >= 11 is 1.13. The van der Waals surface area contributed by atoms with Gasteiger partial charge in [-0.3, -0.25) is 14.3 Å². The normalized spacial score (nSPS) is 11.3. The predicted molar refractivity (Wildman–Crippen MR) is 115 cm³/mol. The molecular formula is C22H16F3N5OS. The molecule has 0 aliphatic rings. The van der Waals surface area contributed by atoms with E-state index in [4.69, 9.17) is 0 Å². The minimum absolute atomic E-state index is 0.0424. The number of amides is 1. The number of thioether (sulfide) groups is 1. The Bertz CT molecular complexity index is 1200. The Morgan fingerprint density at radius 2 is 1.72 bits per heavy atom. The molecule has 2 aromatic carbocycles. The van der Waals surface area contributed by atoms with Crippen molar-refractivity contribution in [3.63, 3.8) is 0 Å². The first-order valence-electron chi connectivity index (χ1n) is 9.43. The molecule has 10 heteroatoms. The summed E-state index contributed by atoms with van der Waals surface area (Å²) in [7, 11) is 0. The molecule has 0 fully saturated rings. The first-order chi connectivity index (χ1) is 15.4. The van der Waals surface area contributed by atoms with Gasteiger partial charge in [0.25, 0.3) is 0 Å². The second-order valence-corrected chi connectivity index (χ2v) is 7.57. The van der Waals surface area contributed by atoms with Gasteiger partial charge in [-0.05, 0) is 48.5 Å². The van der Waals surface area contributed by atoms with Gasteiger partial charge < -0.3 is 5.32 Å². The Kier molecular flexibility index (Phi) is 6.22. The topological polar surface area (TPSA) is 72.7 Å². The van der Waals surface area contributed by atoms with E-state index < -0.39 is 11.7 Å². The fraction of sp³-hybridized carbons (Fsp3) is 0.0909. The highest BCUT2D eigenvalue weighted by Gasteiger charge is 2.30. The van der Waals surface area contributed by atoms with Crippen LogP contribution in [0.5, 0.6) is 0 Å². The first-order valence-corrected chi connectivity index (χ1v) is 10.4. The van der Waals surface area contributed by atoms with E-state index in [9.17, 15) is 18.0 Å². The largest absolute Gasteiger partial charge is 0.416 e. The molecular weight excluding hydrogens is 439 g/mol. The molecule has 162 valence electrons. The van der Waals surface area contributed by atoms with Crippen molar-refractivity contribution in [3.05, 3.63) is 84.7 Å². The van der Waals surface area contributed by atoms with Crippen LogP contribution in [0.15, 0.2) is 84.3 Å². The number of hydrogen-bond donors (Lipinski definition) is 1. The molecule has 0 aliphatic heterocycles. The van der Waals surface area contributed by atoms with E-state index in [1.54, 1.807) is 41.2 Å². The molecule has 0 unspecified atom stereocenters. The molecule has 0 saturated carbocycles. The minimum atomic E-state index is -4.44. The number of pyridine rings is 1. The van der Waals surface area contributed by atoms with Crippen molar-refractivity contribution in [1.82, 2.24) is 19.7 Å². The van der Waals surface area contributed by atoms with Gasteiger partial charge in [0.15, 0.2) is 11.0 Å². The molecule has 0 radical (unpaired) electrons. The van der Waals surface area contributed by atoms with Gasteiger partial charge in [-0.15, -0.1) is 10.2 Å². The van der Waals surface area contributed by atoms with Gasteiger partial charge in [-0.2, -0.15) is 13.2 Å². The number of nitrogens with zero attached hydrogens (tertiary/aromatic N) is 4. The van der Waals surface area contributed by atoms with Crippen LogP contribution in [0.4, 0.5) is 18.9 Å². The van der Waals surface area contributed by atoms with Crippen molar-refractivity contribution < 1.29 is 18.0 Å². The maximum absolute atomic E-state index is 13.0. The fourth-order valence-electron chi connectivity index (χ4n) is 2.93. The number of hydrogen-bond acceptors (Lipinski definition) is 5. The molecule has 0 atom stereocenters. The molecule has 0 bridgehead atoms. The third-order valence-corrected chi connectivity index (χ3v) is 5.32. The molecule has 2 heterocycles. The molecule has 1 N–H and O–H groups in total. The summed E-state index contributed by atoms with van der Waals surface area (Å²) in [5.74, 6) is 0.204. The summed E-state index contributed by atoms with van der Waals surface area (Å²) in [5.41, 5.74) is 0.986. The number of nitrogens with one attached hydrogen (secondary N) is 1. The average Bonchev–Trinajstić information content (AvgIpc) is 3.22. The Labute approximate surface area is 185 Å². The molecule has 4 rings (SSSR count). The van der Waals surface area contributed by atoms with E-state index in [0.29, 0.717) is 27.9 Å². The second-order valence-electron chi connectivity index (χ2n) is 6.63. The van der Waals surface area contributed by atoms with Gasteiger partial charge in [0, 0.05) is 29.3 Å². The minimum Gasteiger partial charge on any atom is -0.325 e. The van der Waals surface area contributed by atoms with Gasteiger partial charge in [-0.1, -0.05) is 30.0 Å². The monoisotopic (exact) mass is 455 g/mol. The summed E-state index contributed by atoms with van der Waals surface area (Å²) in [6.45, 7) is 0. The van der Waals surface area contributed by atoms with Crippen LogP contribution in [-0.2, 0) is 11.0 Å². The summed E-state index contributed by atoms with van der Waals surface area (Å²) < 4.78 is 40.6. The number of benzene rings is 2. The number of para-hydroxylation sites is 1. The molecule has 1 amide bonds. The van der Waals surface area contributed by atoms with E-state index in [0.717, 1.165) is 23.9 Å². The van der Waals surface area contributed by atoms with Crippen LogP contribution in [0.3, 0.4) is 0 Å². The van der Waals surface area contributed by atoms with E-state index in [2.05, 4.69) is 20.5 Å². The zero-order chi connectivity index (χ0) is 22.6. The van der Waals surface area contributed by atoms with Crippen molar-refractivity contribution in [2.24, 2.45) is 0 Å². The van der Waals surface area contributed by atoms with Crippen LogP contribution in [0.1, 0.15) is 5.56 Å². The van der Waals surface area contributed by atoms with Crippen molar-refractivity contribution in [1.29, 1.82) is 0 Å². The SMILES string of the molecule is O=C(CSc1nnc(-c2cccnc2)n1-c1ccc(C(F)(F)F)cc1)Nc1ccccc1. The second kappa shape index (κ2) is 9.23. The quantitative estimate of drug-likeness (QED) is 0.411. The zero-order valence-electron chi connectivity index (χ0n) is 16.5. The Morgan fingerprint density at radius 3 is 2.38 bits per heavy atom. The van der Waals surface area contributed by atoms with Crippen LogP contribution < -0.4 is 5.32 Å². The van der Waals surface area contributed by atoms with Gasteiger partial charge >= 0.3 is 6.18 Å². The van der Waals surface area contributed by atoms with Crippen LogP contribution in [-0.4, -0.2) is 31.4 Å². The number of anilines is 1. The van der Waals surface area contributed by atoms with Crippen LogP contribution in [0.2, 0.25) is 0 Å². The highest BCUT2D eigenvalue weighted by Crippen LogP contribution is 2.32. The van der Waals surface area contributed by atoms with E-state index in [1.165, 1.54) is 12.1 Å². The standard InChI is InChI=1S/C22H16F3N5OS/c23-22(24,25)16-8-10-18(11-9-16)30-20(15-5-4-12-26-13-15)28-29-21(30)32-14-19(31)27-17-6-2-1-3-7-17/h1-13H,14H2,(H,27,31). The molecule has 0 saturated heterocycles. The molecule has 0 aliphatic carbocycles. The van der Waals surface area contributed by atoms with E-state index in [-0.39, 0.29) is 11.7 Å². The van der Waals surface area contributed by atoms with Gasteiger partial charge in [-0.25, -0.2) is 0 Å². The lowest BCUT2D eigenvalue weighted by Gasteiger charge is -2.12. The smallest absolute Gasteiger partial charge is 0.325 e. The number of carbonyl (C=O) groups is 1.